The van der Waals surface area contributed by atoms with Crippen molar-refractivity contribution in [2.75, 3.05) is 5.32 Å². The Kier molecular flexibility index (Phi) is 2.47. The van der Waals surface area contributed by atoms with Gasteiger partial charge in [0.25, 0.3) is 0 Å². The molecule has 5 nitrogen and oxygen atoms in total. The van der Waals surface area contributed by atoms with Crippen LogP contribution in [0.4, 0.5) is 5.69 Å². The Hall–Kier alpha value is -2.04. The van der Waals surface area contributed by atoms with E-state index in [1.807, 2.05) is 6.92 Å². The standard InChI is InChI=1S/C13H14N2O3/c1-7(8-2-3-8)12(16)14-9-4-5-10-11(6-9)18-13(17)15-10/h4-8H,2-3H2,1H3,(H,14,16)(H,15,17). The van der Waals surface area contributed by atoms with E-state index in [4.69, 9.17) is 4.42 Å². The number of amides is 1. The smallest absolute Gasteiger partial charge is 0.408 e. The SMILES string of the molecule is CC(C(=O)Nc1ccc2[nH]c(=O)oc2c1)C1CC1. The van der Waals surface area contributed by atoms with E-state index in [0.717, 1.165) is 12.8 Å². The first-order chi connectivity index (χ1) is 8.63. The molecule has 1 saturated carbocycles. The highest BCUT2D eigenvalue weighted by molar-refractivity contribution is 5.94. The summed E-state index contributed by atoms with van der Waals surface area (Å²) in [4.78, 5) is 25.5. The van der Waals surface area contributed by atoms with Crippen molar-refractivity contribution in [3.63, 3.8) is 0 Å². The molecule has 3 rings (SSSR count). The molecule has 1 atom stereocenters. The van der Waals surface area contributed by atoms with Gasteiger partial charge in [0.15, 0.2) is 5.58 Å². The molecule has 1 amide bonds. The maximum atomic E-state index is 11.9. The molecule has 2 N–H and O–H groups in total. The summed E-state index contributed by atoms with van der Waals surface area (Å²) < 4.78 is 4.95. The van der Waals surface area contributed by atoms with Crippen LogP contribution < -0.4 is 11.1 Å². The average Bonchev–Trinajstić information content (AvgIpc) is 3.10. The van der Waals surface area contributed by atoms with Gasteiger partial charge in [-0.3, -0.25) is 9.78 Å². The van der Waals surface area contributed by atoms with Crippen LogP contribution in [-0.4, -0.2) is 10.9 Å². The number of hydrogen-bond donors (Lipinski definition) is 2. The quantitative estimate of drug-likeness (QED) is 0.870. The molecule has 1 fully saturated rings. The number of carbonyl (C=O) groups is 1. The van der Waals surface area contributed by atoms with E-state index in [1.54, 1.807) is 18.2 Å². The summed E-state index contributed by atoms with van der Waals surface area (Å²) in [7, 11) is 0. The van der Waals surface area contributed by atoms with E-state index in [2.05, 4.69) is 10.3 Å². The highest BCUT2D eigenvalue weighted by Crippen LogP contribution is 2.37. The molecule has 1 aliphatic rings. The molecule has 1 heterocycles. The van der Waals surface area contributed by atoms with Crippen molar-refractivity contribution in [3.05, 3.63) is 28.7 Å². The van der Waals surface area contributed by atoms with Crippen LogP contribution in [-0.2, 0) is 4.79 Å². The molecule has 0 radical (unpaired) electrons. The van der Waals surface area contributed by atoms with Crippen LogP contribution in [0.3, 0.4) is 0 Å². The van der Waals surface area contributed by atoms with Crippen molar-refractivity contribution >= 4 is 22.7 Å². The molecule has 94 valence electrons. The molecule has 1 unspecified atom stereocenters. The second-order valence-electron chi connectivity index (χ2n) is 4.84. The molecular formula is C13H14N2O3. The number of rotatable bonds is 3. The maximum Gasteiger partial charge on any atom is 0.417 e. The Morgan fingerprint density at radius 1 is 1.50 bits per heavy atom. The number of carbonyl (C=O) groups excluding carboxylic acids is 1. The van der Waals surface area contributed by atoms with E-state index in [-0.39, 0.29) is 11.8 Å². The number of nitrogens with one attached hydrogen (secondary N) is 2. The predicted molar refractivity (Wildman–Crippen MR) is 67.4 cm³/mol. The lowest BCUT2D eigenvalue weighted by Crippen LogP contribution is -2.21. The third-order valence-electron chi connectivity index (χ3n) is 3.43. The number of H-pyrrole nitrogens is 1. The number of fused-ring (bicyclic) bond motifs is 1. The van der Waals surface area contributed by atoms with Gasteiger partial charge in [-0.1, -0.05) is 6.92 Å². The summed E-state index contributed by atoms with van der Waals surface area (Å²) in [6, 6.07) is 5.13. The molecule has 5 heteroatoms. The predicted octanol–water partition coefficient (Wildman–Crippen LogP) is 2.11. The first-order valence-electron chi connectivity index (χ1n) is 6.07. The second kappa shape index (κ2) is 4.01. The van der Waals surface area contributed by atoms with E-state index >= 15 is 0 Å². The third kappa shape index (κ3) is 2.03. The van der Waals surface area contributed by atoms with Crippen molar-refractivity contribution in [1.82, 2.24) is 4.98 Å². The van der Waals surface area contributed by atoms with Crippen molar-refractivity contribution in [2.24, 2.45) is 11.8 Å². The van der Waals surface area contributed by atoms with Gasteiger partial charge in [-0.25, -0.2) is 4.79 Å². The van der Waals surface area contributed by atoms with E-state index in [1.165, 1.54) is 0 Å². The first-order valence-corrected chi connectivity index (χ1v) is 6.07. The van der Waals surface area contributed by atoms with Crippen LogP contribution >= 0.6 is 0 Å². The number of hydrogen-bond acceptors (Lipinski definition) is 3. The molecule has 1 aliphatic carbocycles. The number of benzene rings is 1. The van der Waals surface area contributed by atoms with E-state index in [0.29, 0.717) is 22.7 Å². The number of aromatic nitrogens is 1. The highest BCUT2D eigenvalue weighted by Gasteiger charge is 2.32. The highest BCUT2D eigenvalue weighted by atomic mass is 16.4. The lowest BCUT2D eigenvalue weighted by Gasteiger charge is -2.10. The molecule has 0 spiro atoms. The minimum Gasteiger partial charge on any atom is -0.408 e. The summed E-state index contributed by atoms with van der Waals surface area (Å²) in [6.07, 6.45) is 2.28. The van der Waals surface area contributed by atoms with Crippen molar-refractivity contribution in [3.8, 4) is 0 Å². The van der Waals surface area contributed by atoms with Crippen molar-refractivity contribution in [2.45, 2.75) is 19.8 Å². The van der Waals surface area contributed by atoms with Crippen molar-refractivity contribution in [1.29, 1.82) is 0 Å². The van der Waals surface area contributed by atoms with Gasteiger partial charge in [-0.05, 0) is 30.9 Å². The zero-order valence-corrected chi connectivity index (χ0v) is 10.0. The normalized spacial score (nSPS) is 16.7. The van der Waals surface area contributed by atoms with Crippen LogP contribution in [0.1, 0.15) is 19.8 Å². The summed E-state index contributed by atoms with van der Waals surface area (Å²) in [5.74, 6) is 0.104. The fourth-order valence-corrected chi connectivity index (χ4v) is 2.09. The van der Waals surface area contributed by atoms with Gasteiger partial charge in [-0.15, -0.1) is 0 Å². The van der Waals surface area contributed by atoms with Gasteiger partial charge in [0.2, 0.25) is 5.91 Å². The number of anilines is 1. The third-order valence-corrected chi connectivity index (χ3v) is 3.43. The van der Waals surface area contributed by atoms with Crippen LogP contribution in [0.25, 0.3) is 11.1 Å². The molecule has 0 bridgehead atoms. The minimum absolute atomic E-state index is 0.0229. The Morgan fingerprint density at radius 2 is 2.28 bits per heavy atom. The zero-order chi connectivity index (χ0) is 12.7. The molecular weight excluding hydrogens is 232 g/mol. The van der Waals surface area contributed by atoms with E-state index in [9.17, 15) is 9.59 Å². The molecule has 2 aromatic rings. The number of oxazole rings is 1. The zero-order valence-electron chi connectivity index (χ0n) is 10.0. The monoisotopic (exact) mass is 246 g/mol. The van der Waals surface area contributed by atoms with Crippen LogP contribution in [0.15, 0.2) is 27.4 Å². The van der Waals surface area contributed by atoms with Gasteiger partial charge in [0, 0.05) is 17.7 Å². The summed E-state index contributed by atoms with van der Waals surface area (Å²) in [5.41, 5.74) is 1.74. The largest absolute Gasteiger partial charge is 0.417 e. The summed E-state index contributed by atoms with van der Waals surface area (Å²) in [5, 5.41) is 2.85. The topological polar surface area (TPSA) is 75.1 Å². The summed E-state index contributed by atoms with van der Waals surface area (Å²) in [6.45, 7) is 1.95. The van der Waals surface area contributed by atoms with Crippen LogP contribution in [0, 0.1) is 11.8 Å². The van der Waals surface area contributed by atoms with Gasteiger partial charge < -0.3 is 9.73 Å². The van der Waals surface area contributed by atoms with Crippen molar-refractivity contribution < 1.29 is 9.21 Å². The maximum absolute atomic E-state index is 11.9. The minimum atomic E-state index is -0.486. The molecule has 0 saturated heterocycles. The molecule has 1 aromatic carbocycles. The Bertz CT molecular complexity index is 652. The molecule has 1 aromatic heterocycles. The summed E-state index contributed by atoms with van der Waals surface area (Å²) >= 11 is 0. The van der Waals surface area contributed by atoms with Crippen LogP contribution in [0.2, 0.25) is 0 Å². The number of aromatic amines is 1. The average molecular weight is 246 g/mol. The van der Waals surface area contributed by atoms with Gasteiger partial charge in [0.05, 0.1) is 5.52 Å². The first kappa shape index (κ1) is 11.1. The lowest BCUT2D eigenvalue weighted by molar-refractivity contribution is -0.119. The Labute approximate surface area is 103 Å². The van der Waals surface area contributed by atoms with Crippen LogP contribution in [0.5, 0.6) is 0 Å². The Balaban J connectivity index is 1.81. The molecule has 0 aliphatic heterocycles. The molecule has 18 heavy (non-hydrogen) atoms. The van der Waals surface area contributed by atoms with Gasteiger partial charge in [0.1, 0.15) is 0 Å². The fourth-order valence-electron chi connectivity index (χ4n) is 2.09. The van der Waals surface area contributed by atoms with Gasteiger partial charge in [-0.2, -0.15) is 0 Å². The Morgan fingerprint density at radius 3 is 3.00 bits per heavy atom. The van der Waals surface area contributed by atoms with E-state index < -0.39 is 5.76 Å². The fraction of sp³-hybridized carbons (Fsp3) is 0.385. The van der Waals surface area contributed by atoms with Gasteiger partial charge >= 0.3 is 5.76 Å². The lowest BCUT2D eigenvalue weighted by atomic mass is 10.1. The second-order valence-corrected chi connectivity index (χ2v) is 4.84.